The van der Waals surface area contributed by atoms with Crippen LogP contribution in [-0.2, 0) is 17.0 Å². The summed E-state index contributed by atoms with van der Waals surface area (Å²) in [6.45, 7) is 2.70. The first-order valence-corrected chi connectivity index (χ1v) is 9.13. The van der Waals surface area contributed by atoms with E-state index >= 15 is 0 Å². The SMILES string of the molecule is Cc1c(OCc2ccccc2)cc(C(=O)OBr)cc1OCc1ccccc1. The lowest BCUT2D eigenvalue weighted by molar-refractivity contribution is 0.0780. The highest BCUT2D eigenvalue weighted by Crippen LogP contribution is 2.31. The number of hydrogen-bond acceptors (Lipinski definition) is 4. The number of halogens is 1. The molecular formula is C22H19BrO4. The summed E-state index contributed by atoms with van der Waals surface area (Å²) >= 11 is 2.74. The Morgan fingerprint density at radius 2 is 1.26 bits per heavy atom. The largest absolute Gasteiger partial charge is 0.488 e. The fourth-order valence-corrected chi connectivity index (χ4v) is 2.78. The summed E-state index contributed by atoms with van der Waals surface area (Å²) < 4.78 is 16.6. The van der Waals surface area contributed by atoms with Gasteiger partial charge in [0, 0.05) is 5.56 Å². The molecule has 0 atom stereocenters. The van der Waals surface area contributed by atoms with Crippen molar-refractivity contribution in [2.75, 3.05) is 0 Å². The molecule has 3 rings (SSSR count). The molecule has 5 heteroatoms. The van der Waals surface area contributed by atoms with Crippen LogP contribution in [0.25, 0.3) is 0 Å². The van der Waals surface area contributed by atoms with Crippen LogP contribution in [0.15, 0.2) is 72.8 Å². The van der Waals surface area contributed by atoms with Gasteiger partial charge in [-0.05, 0) is 30.2 Å². The van der Waals surface area contributed by atoms with Crippen LogP contribution in [0.4, 0.5) is 0 Å². The van der Waals surface area contributed by atoms with Crippen LogP contribution < -0.4 is 9.47 Å². The maximum atomic E-state index is 12.0. The zero-order valence-corrected chi connectivity index (χ0v) is 16.4. The lowest BCUT2D eigenvalue weighted by Gasteiger charge is -2.15. The van der Waals surface area contributed by atoms with Crippen molar-refractivity contribution < 1.29 is 18.1 Å². The van der Waals surface area contributed by atoms with Crippen molar-refractivity contribution in [1.82, 2.24) is 0 Å². The molecule has 0 bridgehead atoms. The third-order valence-electron chi connectivity index (χ3n) is 4.09. The number of benzene rings is 3. The molecule has 0 unspecified atom stereocenters. The summed E-state index contributed by atoms with van der Waals surface area (Å²) in [5, 5.41) is 0. The van der Waals surface area contributed by atoms with E-state index in [4.69, 9.17) is 9.47 Å². The summed E-state index contributed by atoms with van der Waals surface area (Å²) in [7, 11) is 0. The minimum Gasteiger partial charge on any atom is -0.488 e. The van der Waals surface area contributed by atoms with E-state index < -0.39 is 5.97 Å². The van der Waals surface area contributed by atoms with Crippen LogP contribution in [0.1, 0.15) is 27.0 Å². The second-order valence-electron chi connectivity index (χ2n) is 6.01. The van der Waals surface area contributed by atoms with Gasteiger partial charge in [-0.2, -0.15) is 0 Å². The average Bonchev–Trinajstić information content (AvgIpc) is 2.73. The molecule has 3 aromatic carbocycles. The minimum atomic E-state index is -0.510. The Kier molecular flexibility index (Phi) is 6.49. The molecule has 4 nitrogen and oxygen atoms in total. The van der Waals surface area contributed by atoms with Crippen LogP contribution in [0.3, 0.4) is 0 Å². The van der Waals surface area contributed by atoms with Crippen molar-refractivity contribution in [3.05, 3.63) is 95.1 Å². The van der Waals surface area contributed by atoms with Gasteiger partial charge >= 0.3 is 5.97 Å². The summed E-state index contributed by atoms with van der Waals surface area (Å²) in [6.07, 6.45) is 0. The molecule has 0 heterocycles. The second-order valence-corrected chi connectivity index (χ2v) is 6.33. The zero-order chi connectivity index (χ0) is 19.1. The van der Waals surface area contributed by atoms with Gasteiger partial charge in [0.1, 0.15) is 24.7 Å². The first kappa shape index (κ1) is 19.0. The number of rotatable bonds is 7. The fraction of sp³-hybridized carbons (Fsp3) is 0.136. The molecule has 0 aliphatic rings. The summed E-state index contributed by atoms with van der Waals surface area (Å²) in [5.41, 5.74) is 3.26. The van der Waals surface area contributed by atoms with Crippen molar-refractivity contribution in [2.45, 2.75) is 20.1 Å². The standard InChI is InChI=1S/C22H19BrO4/c1-16-20(25-14-17-8-4-2-5-9-17)12-19(22(24)27-23)13-21(16)26-15-18-10-6-3-7-11-18/h2-13H,14-15H2,1H3. The third kappa shape index (κ3) is 5.11. The minimum absolute atomic E-state index is 0.351. The van der Waals surface area contributed by atoms with Gasteiger partial charge in [-0.15, -0.1) is 0 Å². The van der Waals surface area contributed by atoms with Gasteiger partial charge < -0.3 is 13.3 Å². The summed E-state index contributed by atoms with van der Waals surface area (Å²) in [5.74, 6) is 0.652. The van der Waals surface area contributed by atoms with E-state index in [0.29, 0.717) is 30.3 Å². The Bertz CT molecular complexity index is 830. The number of carbonyl (C=O) groups excluding carboxylic acids is 1. The molecule has 0 amide bonds. The lowest BCUT2D eigenvalue weighted by Crippen LogP contribution is -2.05. The molecule has 3 aromatic rings. The van der Waals surface area contributed by atoms with Gasteiger partial charge in [-0.25, -0.2) is 4.79 Å². The van der Waals surface area contributed by atoms with Gasteiger partial charge in [0.25, 0.3) is 0 Å². The van der Waals surface area contributed by atoms with E-state index in [1.54, 1.807) is 12.1 Å². The van der Waals surface area contributed by atoms with Gasteiger partial charge in [0.2, 0.25) is 0 Å². The van der Waals surface area contributed by atoms with E-state index in [1.165, 1.54) is 0 Å². The van der Waals surface area contributed by atoms with Crippen LogP contribution >= 0.6 is 16.3 Å². The monoisotopic (exact) mass is 426 g/mol. The zero-order valence-electron chi connectivity index (χ0n) is 14.9. The number of carbonyl (C=O) groups is 1. The summed E-state index contributed by atoms with van der Waals surface area (Å²) in [6, 6.07) is 23.0. The maximum Gasteiger partial charge on any atom is 0.349 e. The normalized spacial score (nSPS) is 10.3. The molecule has 138 valence electrons. The highest BCUT2D eigenvalue weighted by Gasteiger charge is 2.16. The Balaban J connectivity index is 1.83. The van der Waals surface area contributed by atoms with E-state index in [2.05, 4.69) is 20.1 Å². The molecule has 0 radical (unpaired) electrons. The van der Waals surface area contributed by atoms with E-state index in [0.717, 1.165) is 16.7 Å². The smallest absolute Gasteiger partial charge is 0.349 e. The highest BCUT2D eigenvalue weighted by atomic mass is 79.9. The van der Waals surface area contributed by atoms with Crippen molar-refractivity contribution in [1.29, 1.82) is 0 Å². The molecule has 0 saturated carbocycles. The van der Waals surface area contributed by atoms with E-state index in [9.17, 15) is 4.79 Å². The van der Waals surface area contributed by atoms with Gasteiger partial charge in [0.15, 0.2) is 16.3 Å². The Morgan fingerprint density at radius 3 is 1.67 bits per heavy atom. The van der Waals surface area contributed by atoms with Crippen LogP contribution in [0.5, 0.6) is 11.5 Å². The van der Waals surface area contributed by atoms with E-state index in [-0.39, 0.29) is 0 Å². The van der Waals surface area contributed by atoms with Crippen LogP contribution in [0, 0.1) is 6.92 Å². The molecule has 0 saturated heterocycles. The first-order chi connectivity index (χ1) is 13.2. The Morgan fingerprint density at radius 1 is 0.815 bits per heavy atom. The maximum absolute atomic E-state index is 12.0. The molecule has 0 aliphatic carbocycles. The fourth-order valence-electron chi connectivity index (χ4n) is 2.59. The molecule has 0 fully saturated rings. The van der Waals surface area contributed by atoms with Gasteiger partial charge in [-0.1, -0.05) is 60.7 Å². The predicted octanol–water partition coefficient (Wildman–Crippen LogP) is 5.62. The van der Waals surface area contributed by atoms with E-state index in [1.807, 2.05) is 67.6 Å². The Hall–Kier alpha value is -2.79. The lowest BCUT2D eigenvalue weighted by atomic mass is 10.1. The number of ether oxygens (including phenoxy) is 2. The third-order valence-corrected chi connectivity index (χ3v) is 4.39. The van der Waals surface area contributed by atoms with Crippen molar-refractivity contribution in [3.63, 3.8) is 0 Å². The quantitative estimate of drug-likeness (QED) is 0.491. The van der Waals surface area contributed by atoms with Gasteiger partial charge in [-0.3, -0.25) is 0 Å². The molecular weight excluding hydrogens is 408 g/mol. The van der Waals surface area contributed by atoms with Crippen LogP contribution in [0.2, 0.25) is 0 Å². The molecule has 0 N–H and O–H groups in total. The predicted molar refractivity (Wildman–Crippen MR) is 107 cm³/mol. The van der Waals surface area contributed by atoms with Gasteiger partial charge in [0.05, 0.1) is 5.56 Å². The van der Waals surface area contributed by atoms with Crippen LogP contribution in [-0.4, -0.2) is 5.97 Å². The Labute approximate surface area is 167 Å². The molecule has 0 spiro atoms. The van der Waals surface area contributed by atoms with Crippen molar-refractivity contribution in [3.8, 4) is 11.5 Å². The molecule has 27 heavy (non-hydrogen) atoms. The van der Waals surface area contributed by atoms with Crippen molar-refractivity contribution in [2.24, 2.45) is 0 Å². The number of hydrogen-bond donors (Lipinski definition) is 0. The summed E-state index contributed by atoms with van der Waals surface area (Å²) in [4.78, 5) is 12.0. The topological polar surface area (TPSA) is 44.8 Å². The first-order valence-electron chi connectivity index (χ1n) is 8.48. The highest BCUT2D eigenvalue weighted by molar-refractivity contribution is 9.06. The molecule has 0 aliphatic heterocycles. The van der Waals surface area contributed by atoms with Crippen molar-refractivity contribution >= 4 is 22.2 Å². The average molecular weight is 427 g/mol. The second kappa shape index (κ2) is 9.24. The molecule has 0 aromatic heterocycles.